The number of ether oxygens (including phenoxy) is 1. The van der Waals surface area contributed by atoms with Crippen LogP contribution in [-0.2, 0) is 11.2 Å². The lowest BCUT2D eigenvalue weighted by Gasteiger charge is -2.11. The van der Waals surface area contributed by atoms with Crippen molar-refractivity contribution >= 4 is 27.5 Å². The Hall–Kier alpha value is -1.88. The number of carbonyl (C=O) groups excluding carboxylic acids is 1. The van der Waals surface area contributed by atoms with Crippen molar-refractivity contribution in [2.24, 2.45) is 0 Å². The van der Waals surface area contributed by atoms with Gasteiger partial charge in [0.1, 0.15) is 11.6 Å². The van der Waals surface area contributed by atoms with Crippen molar-refractivity contribution in [2.45, 2.75) is 12.5 Å². The molecule has 5 heteroatoms. The Bertz CT molecular complexity index is 650. The number of halogens is 2. The molecule has 0 radical (unpaired) electrons. The third-order valence-corrected chi connectivity index (χ3v) is 3.77. The molecule has 2 aromatic rings. The monoisotopic (exact) mass is 335 g/mol. The zero-order chi connectivity index (χ0) is 14.1. The van der Waals surface area contributed by atoms with E-state index in [1.54, 1.807) is 12.1 Å². The number of amides is 1. The summed E-state index contributed by atoms with van der Waals surface area (Å²) in [7, 11) is 0. The largest absolute Gasteiger partial charge is 0.480 e. The van der Waals surface area contributed by atoms with Crippen LogP contribution in [0, 0.1) is 5.82 Å². The van der Waals surface area contributed by atoms with Crippen LogP contribution in [-0.4, -0.2) is 12.0 Å². The first-order valence-corrected chi connectivity index (χ1v) is 6.93. The van der Waals surface area contributed by atoms with Gasteiger partial charge in [-0.25, -0.2) is 4.39 Å². The standard InChI is InChI=1S/C15H11BrFNO2/c16-11-6-5-10(8-12(11)17)18-15(19)14-7-9-3-1-2-4-13(9)20-14/h1-6,8,14H,7H2,(H,18,19). The van der Waals surface area contributed by atoms with Crippen LogP contribution in [0.1, 0.15) is 5.56 Å². The Kier molecular flexibility index (Phi) is 3.44. The number of anilines is 1. The second-order valence-corrected chi connectivity index (χ2v) is 5.39. The number of benzene rings is 2. The summed E-state index contributed by atoms with van der Waals surface area (Å²) in [6, 6.07) is 12.0. The summed E-state index contributed by atoms with van der Waals surface area (Å²) in [5.74, 6) is 0.0379. The summed E-state index contributed by atoms with van der Waals surface area (Å²) in [4.78, 5) is 12.1. The molecule has 102 valence electrons. The van der Waals surface area contributed by atoms with Crippen LogP contribution in [0.15, 0.2) is 46.9 Å². The van der Waals surface area contributed by atoms with Gasteiger partial charge in [-0.2, -0.15) is 0 Å². The van der Waals surface area contributed by atoms with Crippen LogP contribution >= 0.6 is 15.9 Å². The van der Waals surface area contributed by atoms with Gasteiger partial charge >= 0.3 is 0 Å². The maximum Gasteiger partial charge on any atom is 0.265 e. The highest BCUT2D eigenvalue weighted by Crippen LogP contribution is 2.29. The molecule has 0 saturated heterocycles. The minimum absolute atomic E-state index is 0.275. The van der Waals surface area contributed by atoms with Gasteiger partial charge in [0, 0.05) is 12.1 Å². The summed E-state index contributed by atoms with van der Waals surface area (Å²) in [5, 5.41) is 2.66. The van der Waals surface area contributed by atoms with Crippen LogP contribution in [0.5, 0.6) is 5.75 Å². The highest BCUT2D eigenvalue weighted by atomic mass is 79.9. The molecule has 2 aromatic carbocycles. The lowest BCUT2D eigenvalue weighted by Crippen LogP contribution is -2.31. The summed E-state index contributed by atoms with van der Waals surface area (Å²) in [6.45, 7) is 0. The molecule has 0 fully saturated rings. The second-order valence-electron chi connectivity index (χ2n) is 4.54. The van der Waals surface area contributed by atoms with Gasteiger partial charge in [0.05, 0.1) is 4.47 Å². The number of carbonyl (C=O) groups is 1. The van der Waals surface area contributed by atoms with Gasteiger partial charge in [0.25, 0.3) is 5.91 Å². The van der Waals surface area contributed by atoms with Crippen LogP contribution in [0.3, 0.4) is 0 Å². The van der Waals surface area contributed by atoms with Crippen LogP contribution < -0.4 is 10.1 Å². The fraction of sp³-hybridized carbons (Fsp3) is 0.133. The normalized spacial score (nSPS) is 16.4. The smallest absolute Gasteiger partial charge is 0.265 e. The maximum absolute atomic E-state index is 13.4. The highest BCUT2D eigenvalue weighted by molar-refractivity contribution is 9.10. The molecule has 1 N–H and O–H groups in total. The fourth-order valence-corrected chi connectivity index (χ4v) is 2.37. The molecule has 3 rings (SSSR count). The number of hydrogen-bond acceptors (Lipinski definition) is 2. The first-order valence-electron chi connectivity index (χ1n) is 6.14. The average molecular weight is 336 g/mol. The molecule has 20 heavy (non-hydrogen) atoms. The van der Waals surface area contributed by atoms with E-state index in [1.165, 1.54) is 6.07 Å². The molecule has 1 unspecified atom stereocenters. The number of hydrogen-bond donors (Lipinski definition) is 1. The van der Waals surface area contributed by atoms with Gasteiger partial charge < -0.3 is 10.1 Å². The molecule has 1 aliphatic heterocycles. The zero-order valence-corrected chi connectivity index (χ0v) is 12.0. The average Bonchev–Trinajstić information content (AvgIpc) is 2.87. The number of rotatable bonds is 2. The quantitative estimate of drug-likeness (QED) is 0.911. The Balaban J connectivity index is 1.71. The molecule has 1 amide bonds. The van der Waals surface area contributed by atoms with Gasteiger partial charge in [0.15, 0.2) is 6.10 Å². The van der Waals surface area contributed by atoms with Gasteiger partial charge in [-0.3, -0.25) is 4.79 Å². The predicted molar refractivity (Wildman–Crippen MR) is 77.3 cm³/mol. The molecule has 0 aliphatic carbocycles. The van der Waals surface area contributed by atoms with Crippen molar-refractivity contribution in [1.29, 1.82) is 0 Å². The van der Waals surface area contributed by atoms with E-state index in [0.717, 1.165) is 11.3 Å². The number of nitrogens with one attached hydrogen (secondary N) is 1. The lowest BCUT2D eigenvalue weighted by atomic mass is 10.1. The highest BCUT2D eigenvalue weighted by Gasteiger charge is 2.28. The maximum atomic E-state index is 13.4. The molecule has 3 nitrogen and oxygen atoms in total. The van der Waals surface area contributed by atoms with Gasteiger partial charge in [-0.15, -0.1) is 0 Å². The molecular formula is C15H11BrFNO2. The number of para-hydroxylation sites is 1. The fourth-order valence-electron chi connectivity index (χ4n) is 2.12. The molecule has 0 spiro atoms. The Morgan fingerprint density at radius 3 is 2.85 bits per heavy atom. The van der Waals surface area contributed by atoms with Crippen LogP contribution in [0.4, 0.5) is 10.1 Å². The summed E-state index contributed by atoms with van der Waals surface area (Å²) < 4.78 is 19.3. The van der Waals surface area contributed by atoms with Crippen molar-refractivity contribution < 1.29 is 13.9 Å². The first-order chi connectivity index (χ1) is 9.63. The Labute approximate surface area is 123 Å². The van der Waals surface area contributed by atoms with Crippen molar-refractivity contribution in [2.75, 3.05) is 5.32 Å². The Morgan fingerprint density at radius 2 is 2.10 bits per heavy atom. The summed E-state index contributed by atoms with van der Waals surface area (Å²) >= 11 is 3.07. The second kappa shape index (κ2) is 5.25. The van der Waals surface area contributed by atoms with Crippen LogP contribution in [0.25, 0.3) is 0 Å². The number of fused-ring (bicyclic) bond motifs is 1. The van der Waals surface area contributed by atoms with E-state index in [2.05, 4.69) is 21.2 Å². The predicted octanol–water partition coefficient (Wildman–Crippen LogP) is 3.53. The SMILES string of the molecule is O=C(Nc1ccc(Br)c(F)c1)C1Cc2ccccc2O1. The lowest BCUT2D eigenvalue weighted by molar-refractivity contribution is -0.122. The topological polar surface area (TPSA) is 38.3 Å². The molecule has 1 atom stereocenters. The van der Waals surface area contributed by atoms with Gasteiger partial charge in [-0.05, 0) is 45.8 Å². The van der Waals surface area contributed by atoms with Crippen molar-refractivity contribution in [3.63, 3.8) is 0 Å². The zero-order valence-electron chi connectivity index (χ0n) is 10.4. The minimum atomic E-state index is -0.570. The van der Waals surface area contributed by atoms with Crippen LogP contribution in [0.2, 0.25) is 0 Å². The molecule has 0 saturated carbocycles. The van der Waals surface area contributed by atoms with Crippen molar-refractivity contribution in [3.8, 4) is 5.75 Å². The van der Waals surface area contributed by atoms with Gasteiger partial charge in [-0.1, -0.05) is 18.2 Å². The van der Waals surface area contributed by atoms with E-state index < -0.39 is 11.9 Å². The van der Waals surface area contributed by atoms with E-state index in [9.17, 15) is 9.18 Å². The van der Waals surface area contributed by atoms with E-state index in [1.807, 2.05) is 24.3 Å². The summed E-state index contributed by atoms with van der Waals surface area (Å²) in [5.41, 5.74) is 1.42. The minimum Gasteiger partial charge on any atom is -0.480 e. The van der Waals surface area contributed by atoms with Crippen molar-refractivity contribution in [1.82, 2.24) is 0 Å². The van der Waals surface area contributed by atoms with E-state index in [4.69, 9.17) is 4.74 Å². The Morgan fingerprint density at radius 1 is 1.30 bits per heavy atom. The molecule has 0 bridgehead atoms. The molecule has 1 heterocycles. The molecule has 1 aliphatic rings. The third kappa shape index (κ3) is 2.54. The van der Waals surface area contributed by atoms with E-state index >= 15 is 0 Å². The van der Waals surface area contributed by atoms with E-state index in [-0.39, 0.29) is 5.91 Å². The van der Waals surface area contributed by atoms with E-state index in [0.29, 0.717) is 16.6 Å². The van der Waals surface area contributed by atoms with Gasteiger partial charge in [0.2, 0.25) is 0 Å². The summed E-state index contributed by atoms with van der Waals surface area (Å²) in [6.07, 6.45) is -0.0415. The first kappa shape index (κ1) is 13.1. The third-order valence-electron chi connectivity index (χ3n) is 3.13. The van der Waals surface area contributed by atoms with Crippen molar-refractivity contribution in [3.05, 3.63) is 58.3 Å². The molecular weight excluding hydrogens is 325 g/mol. The molecule has 0 aromatic heterocycles.